The van der Waals surface area contributed by atoms with Crippen LogP contribution >= 0.6 is 11.6 Å². The Hall–Kier alpha value is -2.86. The smallest absolute Gasteiger partial charge is 0.328 e. The summed E-state index contributed by atoms with van der Waals surface area (Å²) in [6, 6.07) is 14.2. The molecule has 7 heteroatoms. The summed E-state index contributed by atoms with van der Waals surface area (Å²) in [5, 5.41) is 5.55. The van der Waals surface area contributed by atoms with Gasteiger partial charge >= 0.3 is 5.97 Å². The number of esters is 1. The number of amides is 2. The maximum Gasteiger partial charge on any atom is 0.328 e. The van der Waals surface area contributed by atoms with Crippen LogP contribution in [-0.2, 0) is 14.3 Å². The Balaban J connectivity index is 1.79. The highest BCUT2D eigenvalue weighted by atomic mass is 35.5. The van der Waals surface area contributed by atoms with E-state index in [1.54, 1.807) is 54.6 Å². The van der Waals surface area contributed by atoms with Crippen molar-refractivity contribution in [1.82, 2.24) is 5.32 Å². The number of hydrogen-bond donors (Lipinski definition) is 2. The minimum atomic E-state index is -0.883. The van der Waals surface area contributed by atoms with Gasteiger partial charge in [-0.15, -0.1) is 0 Å². The van der Waals surface area contributed by atoms with Gasteiger partial charge in [-0.05, 0) is 37.3 Å². The molecule has 0 bridgehead atoms. The topological polar surface area (TPSA) is 84.5 Å². The molecule has 0 unspecified atom stereocenters. The van der Waals surface area contributed by atoms with Gasteiger partial charge in [0.25, 0.3) is 11.8 Å². The van der Waals surface area contributed by atoms with Crippen LogP contribution in [0.4, 0.5) is 5.69 Å². The molecule has 2 rings (SSSR count). The molecule has 2 aromatic carbocycles. The van der Waals surface area contributed by atoms with Gasteiger partial charge in [0.15, 0.2) is 6.61 Å². The third kappa shape index (κ3) is 5.93. The van der Waals surface area contributed by atoms with E-state index in [0.29, 0.717) is 16.3 Å². The van der Waals surface area contributed by atoms with Gasteiger partial charge in [-0.25, -0.2) is 4.79 Å². The van der Waals surface area contributed by atoms with Crippen LogP contribution in [-0.4, -0.2) is 30.4 Å². The molecule has 0 fully saturated rings. The molecule has 0 aliphatic rings. The average molecular weight is 361 g/mol. The first-order valence-electron chi connectivity index (χ1n) is 7.53. The average Bonchev–Trinajstić information content (AvgIpc) is 2.60. The zero-order valence-electron chi connectivity index (χ0n) is 13.5. The molecule has 6 nitrogen and oxygen atoms in total. The van der Waals surface area contributed by atoms with Crippen molar-refractivity contribution in [1.29, 1.82) is 0 Å². The van der Waals surface area contributed by atoms with Crippen molar-refractivity contribution in [2.75, 3.05) is 11.9 Å². The number of nitrogens with one attached hydrogen (secondary N) is 2. The summed E-state index contributed by atoms with van der Waals surface area (Å²) >= 11 is 5.82. The molecular weight excluding hydrogens is 344 g/mol. The van der Waals surface area contributed by atoms with E-state index in [9.17, 15) is 14.4 Å². The van der Waals surface area contributed by atoms with E-state index in [4.69, 9.17) is 16.3 Å². The Labute approximate surface area is 150 Å². The lowest BCUT2D eigenvalue weighted by atomic mass is 10.2. The molecule has 0 aromatic heterocycles. The lowest BCUT2D eigenvalue weighted by molar-refractivity contribution is -0.148. The molecule has 2 amide bonds. The van der Waals surface area contributed by atoms with Gasteiger partial charge in [-0.3, -0.25) is 9.59 Å². The quantitative estimate of drug-likeness (QED) is 0.775. The number of hydrogen-bond acceptors (Lipinski definition) is 4. The number of carbonyl (C=O) groups is 3. The highest BCUT2D eigenvalue weighted by Gasteiger charge is 2.19. The summed E-state index contributed by atoms with van der Waals surface area (Å²) in [6.07, 6.45) is 0. The van der Waals surface area contributed by atoms with Crippen molar-refractivity contribution < 1.29 is 19.1 Å². The van der Waals surface area contributed by atoms with E-state index in [2.05, 4.69) is 10.6 Å². The number of benzene rings is 2. The summed E-state index contributed by atoms with van der Waals surface area (Å²) in [6.45, 7) is 1.02. The van der Waals surface area contributed by atoms with Gasteiger partial charge < -0.3 is 15.4 Å². The summed E-state index contributed by atoms with van der Waals surface area (Å²) in [7, 11) is 0. The van der Waals surface area contributed by atoms with Gasteiger partial charge in [0.2, 0.25) is 0 Å². The summed E-state index contributed by atoms with van der Waals surface area (Å²) in [5.41, 5.74) is 0.930. The SMILES string of the molecule is C[C@H](NC(=O)c1ccccc1)C(=O)OCC(=O)Nc1cccc(Cl)c1. The van der Waals surface area contributed by atoms with Crippen LogP contribution in [0.1, 0.15) is 17.3 Å². The minimum Gasteiger partial charge on any atom is -0.454 e. The number of ether oxygens (including phenoxy) is 1. The molecule has 0 spiro atoms. The summed E-state index contributed by atoms with van der Waals surface area (Å²) in [4.78, 5) is 35.6. The van der Waals surface area contributed by atoms with E-state index in [1.165, 1.54) is 6.92 Å². The van der Waals surface area contributed by atoms with E-state index < -0.39 is 30.4 Å². The van der Waals surface area contributed by atoms with E-state index in [1.807, 2.05) is 0 Å². The Morgan fingerprint density at radius 2 is 1.80 bits per heavy atom. The third-order valence-corrected chi connectivity index (χ3v) is 3.43. The van der Waals surface area contributed by atoms with Gasteiger partial charge in [0.05, 0.1) is 0 Å². The molecule has 1 atom stereocenters. The molecule has 25 heavy (non-hydrogen) atoms. The summed E-state index contributed by atoms with van der Waals surface area (Å²) < 4.78 is 4.91. The molecule has 0 saturated carbocycles. The molecule has 0 aliphatic heterocycles. The predicted molar refractivity (Wildman–Crippen MR) is 94.4 cm³/mol. The largest absolute Gasteiger partial charge is 0.454 e. The zero-order valence-corrected chi connectivity index (χ0v) is 14.2. The minimum absolute atomic E-state index is 0.395. The fourth-order valence-corrected chi connectivity index (χ4v) is 2.14. The van der Waals surface area contributed by atoms with Crippen LogP contribution in [0.2, 0.25) is 5.02 Å². The summed E-state index contributed by atoms with van der Waals surface area (Å²) in [5.74, 6) is -1.60. The molecule has 0 heterocycles. The first kappa shape index (κ1) is 18.5. The molecule has 130 valence electrons. The lowest BCUT2D eigenvalue weighted by Gasteiger charge is -2.13. The van der Waals surface area contributed by atoms with Crippen molar-refractivity contribution in [3.05, 3.63) is 65.2 Å². The van der Waals surface area contributed by atoms with Crippen LogP contribution in [0.25, 0.3) is 0 Å². The van der Waals surface area contributed by atoms with Crippen LogP contribution in [0.5, 0.6) is 0 Å². The fourth-order valence-electron chi connectivity index (χ4n) is 1.95. The zero-order chi connectivity index (χ0) is 18.2. The number of anilines is 1. The van der Waals surface area contributed by atoms with Crippen molar-refractivity contribution in [3.8, 4) is 0 Å². The van der Waals surface area contributed by atoms with E-state index >= 15 is 0 Å². The highest BCUT2D eigenvalue weighted by molar-refractivity contribution is 6.30. The standard InChI is InChI=1S/C18H17ClN2O4/c1-12(20-17(23)13-6-3-2-4-7-13)18(24)25-11-16(22)21-15-9-5-8-14(19)10-15/h2-10,12H,11H2,1H3,(H,20,23)(H,21,22)/t12-/m0/s1. The van der Waals surface area contributed by atoms with Crippen LogP contribution in [0.15, 0.2) is 54.6 Å². The second kappa shape index (κ2) is 8.84. The second-order valence-electron chi connectivity index (χ2n) is 5.23. The Morgan fingerprint density at radius 1 is 1.08 bits per heavy atom. The number of rotatable bonds is 6. The maximum atomic E-state index is 12.0. The molecule has 2 N–H and O–H groups in total. The monoisotopic (exact) mass is 360 g/mol. The van der Waals surface area contributed by atoms with Crippen molar-refractivity contribution in [2.45, 2.75) is 13.0 Å². The number of carbonyl (C=O) groups excluding carboxylic acids is 3. The van der Waals surface area contributed by atoms with E-state index in [0.717, 1.165) is 0 Å². The van der Waals surface area contributed by atoms with Crippen molar-refractivity contribution in [2.24, 2.45) is 0 Å². The fraction of sp³-hybridized carbons (Fsp3) is 0.167. The third-order valence-electron chi connectivity index (χ3n) is 3.19. The molecule has 0 radical (unpaired) electrons. The Kier molecular flexibility index (Phi) is 6.54. The number of halogens is 1. The van der Waals surface area contributed by atoms with Gasteiger partial charge in [0.1, 0.15) is 6.04 Å². The first-order valence-corrected chi connectivity index (χ1v) is 7.91. The predicted octanol–water partition coefficient (Wildman–Crippen LogP) is 2.64. The van der Waals surface area contributed by atoms with Gasteiger partial charge in [-0.2, -0.15) is 0 Å². The first-order chi connectivity index (χ1) is 12.0. The van der Waals surface area contributed by atoms with E-state index in [-0.39, 0.29) is 0 Å². The van der Waals surface area contributed by atoms with Crippen LogP contribution in [0.3, 0.4) is 0 Å². The van der Waals surface area contributed by atoms with Crippen molar-refractivity contribution >= 4 is 35.1 Å². The van der Waals surface area contributed by atoms with Crippen LogP contribution in [0, 0.1) is 0 Å². The Bertz CT molecular complexity index is 765. The maximum absolute atomic E-state index is 12.0. The second-order valence-corrected chi connectivity index (χ2v) is 5.66. The Morgan fingerprint density at radius 3 is 2.48 bits per heavy atom. The molecule has 0 aliphatic carbocycles. The van der Waals surface area contributed by atoms with Gasteiger partial charge in [-0.1, -0.05) is 35.9 Å². The lowest BCUT2D eigenvalue weighted by Crippen LogP contribution is -2.40. The normalized spacial score (nSPS) is 11.3. The highest BCUT2D eigenvalue weighted by Crippen LogP contribution is 2.14. The molecule has 0 saturated heterocycles. The molecule has 2 aromatic rings. The van der Waals surface area contributed by atoms with Crippen LogP contribution < -0.4 is 10.6 Å². The molecular formula is C18H17ClN2O4. The van der Waals surface area contributed by atoms with Gasteiger partial charge in [0, 0.05) is 16.3 Å². The van der Waals surface area contributed by atoms with Crippen molar-refractivity contribution in [3.63, 3.8) is 0 Å².